The van der Waals surface area contributed by atoms with Gasteiger partial charge in [-0.05, 0) is 120 Å². The standard InChI is InChI=1S/C60H42O2P2/c61-63(51-31-25-41-13-1-5-19-47(41)37-51,52-32-26-42-14-2-6-20-48(42)38-52)57-35-29-45-17-9-11-23-55(45)59(57)60-56-24-12-10-18-46(56)30-36-58(60)64(62,53-33-27-43-15-3-7-21-49(43)39-53)54-34-28-44-16-4-8-22-50(44)40-54/h1-27,29-33,35-40H,28,34H2. The van der Waals surface area contributed by atoms with E-state index in [2.05, 4.69) is 200 Å². The van der Waals surface area contributed by atoms with E-state index in [9.17, 15) is 0 Å². The molecule has 0 fully saturated rings. The quantitative estimate of drug-likeness (QED) is 0.150. The smallest absolute Gasteiger partial charge is 0.171 e. The molecule has 2 nitrogen and oxygen atoms in total. The average Bonchev–Trinajstić information content (AvgIpc) is 3.37. The number of hydrogen-bond acceptors (Lipinski definition) is 2. The van der Waals surface area contributed by atoms with Crippen molar-refractivity contribution in [2.45, 2.75) is 12.8 Å². The second kappa shape index (κ2) is 15.3. The topological polar surface area (TPSA) is 34.1 Å². The molecule has 0 heterocycles. The van der Waals surface area contributed by atoms with Crippen LogP contribution in [0.5, 0.6) is 0 Å². The molecule has 11 aromatic carbocycles. The third-order valence-corrected chi connectivity index (χ3v) is 19.7. The Hall–Kier alpha value is -7.08. The van der Waals surface area contributed by atoms with Crippen LogP contribution in [0, 0.1) is 0 Å². The molecule has 0 radical (unpaired) electrons. The van der Waals surface area contributed by atoms with Gasteiger partial charge in [-0.15, -0.1) is 0 Å². The predicted molar refractivity (Wildman–Crippen MR) is 275 cm³/mol. The van der Waals surface area contributed by atoms with Crippen LogP contribution in [0.2, 0.25) is 0 Å². The van der Waals surface area contributed by atoms with Crippen molar-refractivity contribution in [2.75, 3.05) is 0 Å². The average molecular weight is 857 g/mol. The maximum atomic E-state index is 17.5. The van der Waals surface area contributed by atoms with Crippen molar-refractivity contribution in [3.8, 4) is 11.1 Å². The SMILES string of the molecule is O=P(C1=Cc2ccccc2CC1)(c1ccc2ccccc2c1)c1ccc2ccccc2c1-c1c(P(=O)(c2ccc3ccccc3c2)c2ccc3ccccc3c2)ccc2ccccc12. The fraction of sp³-hybridized carbons (Fsp3) is 0.0333. The minimum Gasteiger partial charge on any atom is -0.309 e. The van der Waals surface area contributed by atoms with Gasteiger partial charge in [0.1, 0.15) is 0 Å². The van der Waals surface area contributed by atoms with Crippen molar-refractivity contribution in [3.63, 3.8) is 0 Å². The summed E-state index contributed by atoms with van der Waals surface area (Å²) in [6, 6.07) is 77.7. The van der Waals surface area contributed by atoms with Gasteiger partial charge in [0, 0.05) is 37.6 Å². The van der Waals surface area contributed by atoms with Gasteiger partial charge in [-0.3, -0.25) is 0 Å². The number of benzene rings is 11. The Morgan fingerprint density at radius 1 is 0.312 bits per heavy atom. The van der Waals surface area contributed by atoms with Gasteiger partial charge in [0.25, 0.3) is 0 Å². The Kier molecular flexibility index (Phi) is 9.24. The minimum absolute atomic E-state index is 0.655. The van der Waals surface area contributed by atoms with Gasteiger partial charge in [0.2, 0.25) is 0 Å². The molecule has 1 aliphatic carbocycles. The van der Waals surface area contributed by atoms with Crippen molar-refractivity contribution in [3.05, 3.63) is 241 Å². The highest BCUT2D eigenvalue weighted by atomic mass is 31.2. The fourth-order valence-corrected chi connectivity index (χ4v) is 16.2. The van der Waals surface area contributed by atoms with Crippen LogP contribution < -0.4 is 26.5 Å². The van der Waals surface area contributed by atoms with Crippen molar-refractivity contribution in [1.82, 2.24) is 0 Å². The van der Waals surface area contributed by atoms with Crippen LogP contribution in [0.25, 0.3) is 71.1 Å². The first-order valence-electron chi connectivity index (χ1n) is 22.0. The van der Waals surface area contributed by atoms with Crippen LogP contribution >= 0.6 is 14.3 Å². The van der Waals surface area contributed by atoms with E-state index in [-0.39, 0.29) is 0 Å². The zero-order valence-corrected chi connectivity index (χ0v) is 36.9. The Morgan fingerprint density at radius 2 is 0.688 bits per heavy atom. The molecule has 1 atom stereocenters. The van der Waals surface area contributed by atoms with Crippen molar-refractivity contribution in [1.29, 1.82) is 0 Å². The van der Waals surface area contributed by atoms with Gasteiger partial charge < -0.3 is 9.13 Å². The van der Waals surface area contributed by atoms with E-state index < -0.39 is 14.3 Å². The predicted octanol–water partition coefficient (Wildman–Crippen LogP) is 14.1. The largest absolute Gasteiger partial charge is 0.309 e. The van der Waals surface area contributed by atoms with Crippen LogP contribution in [0.4, 0.5) is 0 Å². The molecule has 0 amide bonds. The monoisotopic (exact) mass is 856 g/mol. The molecule has 0 bridgehead atoms. The molecule has 12 rings (SSSR count). The van der Waals surface area contributed by atoms with Gasteiger partial charge in [-0.25, -0.2) is 0 Å². The molecule has 4 heteroatoms. The van der Waals surface area contributed by atoms with Gasteiger partial charge in [0.05, 0.1) is 0 Å². The summed E-state index contributed by atoms with van der Waals surface area (Å²) < 4.78 is 34.9. The van der Waals surface area contributed by atoms with E-state index in [0.717, 1.165) is 109 Å². The zero-order chi connectivity index (χ0) is 42.8. The number of aryl methyl sites for hydroxylation is 1. The lowest BCUT2D eigenvalue weighted by Gasteiger charge is -2.31. The molecule has 0 N–H and O–H groups in total. The summed E-state index contributed by atoms with van der Waals surface area (Å²) in [6.07, 6.45) is 3.65. The zero-order valence-electron chi connectivity index (χ0n) is 35.1. The highest BCUT2D eigenvalue weighted by Crippen LogP contribution is 2.59. The molecule has 64 heavy (non-hydrogen) atoms. The van der Waals surface area contributed by atoms with Gasteiger partial charge in [-0.1, -0.05) is 194 Å². The molecule has 0 aliphatic heterocycles. The Morgan fingerprint density at radius 3 is 1.19 bits per heavy atom. The van der Waals surface area contributed by atoms with E-state index in [1.165, 1.54) is 5.56 Å². The number of rotatable bonds is 7. The van der Waals surface area contributed by atoms with E-state index in [4.69, 9.17) is 0 Å². The Balaban J connectivity index is 1.24. The van der Waals surface area contributed by atoms with Crippen LogP contribution in [0.3, 0.4) is 0 Å². The third-order valence-electron chi connectivity index (χ3n) is 13.5. The first-order chi connectivity index (χ1) is 31.5. The Bertz CT molecular complexity index is 3740. The Labute approximate surface area is 372 Å². The van der Waals surface area contributed by atoms with E-state index in [1.54, 1.807) is 0 Å². The number of fused-ring (bicyclic) bond motifs is 6. The van der Waals surface area contributed by atoms with E-state index >= 15 is 9.13 Å². The fourth-order valence-electron chi connectivity index (χ4n) is 10.2. The molecule has 0 saturated heterocycles. The van der Waals surface area contributed by atoms with Crippen LogP contribution in [0.1, 0.15) is 17.5 Å². The summed E-state index contributed by atoms with van der Waals surface area (Å²) >= 11 is 0. The lowest BCUT2D eigenvalue weighted by Crippen LogP contribution is -2.28. The summed E-state index contributed by atoms with van der Waals surface area (Å²) in [5, 5.41) is 15.1. The van der Waals surface area contributed by atoms with Crippen LogP contribution in [-0.4, -0.2) is 0 Å². The highest BCUT2D eigenvalue weighted by Gasteiger charge is 2.40. The lowest BCUT2D eigenvalue weighted by molar-refractivity contribution is 0.589. The van der Waals surface area contributed by atoms with Crippen molar-refractivity contribution >= 4 is 101 Å². The summed E-state index contributed by atoms with van der Waals surface area (Å²) in [7, 11) is -7.38. The molecule has 1 aliphatic rings. The molecule has 0 saturated carbocycles. The maximum absolute atomic E-state index is 17.5. The number of hydrogen-bond donors (Lipinski definition) is 0. The summed E-state index contributed by atoms with van der Waals surface area (Å²) in [5.74, 6) is 0. The second-order valence-electron chi connectivity index (χ2n) is 17.0. The minimum atomic E-state index is -3.73. The molecular formula is C60H42O2P2. The van der Waals surface area contributed by atoms with E-state index in [1.807, 2.05) is 30.3 Å². The van der Waals surface area contributed by atoms with E-state index in [0.29, 0.717) is 6.42 Å². The van der Waals surface area contributed by atoms with Gasteiger partial charge in [-0.2, -0.15) is 0 Å². The van der Waals surface area contributed by atoms with Crippen molar-refractivity contribution in [2.24, 2.45) is 0 Å². The van der Waals surface area contributed by atoms with Crippen LogP contribution in [-0.2, 0) is 15.6 Å². The summed E-state index contributed by atoms with van der Waals surface area (Å²) in [5.41, 5.74) is 4.09. The van der Waals surface area contributed by atoms with Crippen molar-refractivity contribution < 1.29 is 9.13 Å². The summed E-state index contributed by atoms with van der Waals surface area (Å²) in [6.45, 7) is 0. The molecule has 304 valence electrons. The molecule has 0 aromatic heterocycles. The second-order valence-corrected chi connectivity index (χ2v) is 22.5. The first-order valence-corrected chi connectivity index (χ1v) is 25.4. The number of allylic oxidation sites excluding steroid dienone is 1. The first kappa shape index (κ1) is 38.6. The molecule has 11 aromatic rings. The lowest BCUT2D eigenvalue weighted by atomic mass is 9.93. The highest BCUT2D eigenvalue weighted by molar-refractivity contribution is 7.85. The normalized spacial score (nSPS) is 13.8. The maximum Gasteiger partial charge on any atom is 0.171 e. The molecule has 1 unspecified atom stereocenters. The van der Waals surface area contributed by atoms with Gasteiger partial charge >= 0.3 is 0 Å². The van der Waals surface area contributed by atoms with Crippen LogP contribution in [0.15, 0.2) is 230 Å². The summed E-state index contributed by atoms with van der Waals surface area (Å²) in [4.78, 5) is 0. The molecule has 0 spiro atoms. The molecular weight excluding hydrogens is 815 g/mol. The van der Waals surface area contributed by atoms with Gasteiger partial charge in [0.15, 0.2) is 14.3 Å². The third kappa shape index (κ3) is 6.17.